The summed E-state index contributed by atoms with van der Waals surface area (Å²) in [5, 5.41) is 9.30. The fraction of sp³-hybridized carbons (Fsp3) is 0.500. The van der Waals surface area contributed by atoms with E-state index in [2.05, 4.69) is 17.0 Å². The number of benzene rings is 1. The second-order valence-corrected chi connectivity index (χ2v) is 4.00. The van der Waals surface area contributed by atoms with E-state index in [1.54, 1.807) is 0 Å². The van der Waals surface area contributed by atoms with Crippen LogP contribution in [0.25, 0.3) is 0 Å². The second kappa shape index (κ2) is 5.85. The van der Waals surface area contributed by atoms with Crippen molar-refractivity contribution in [2.24, 2.45) is 11.7 Å². The van der Waals surface area contributed by atoms with Crippen LogP contribution in [0.5, 0.6) is 0 Å². The molecule has 2 atom stereocenters. The first kappa shape index (κ1) is 12.2. The Morgan fingerprint density at radius 3 is 2.27 bits per heavy atom. The minimum absolute atomic E-state index is 0.0856. The molecule has 0 amide bonds. The lowest BCUT2D eigenvalue weighted by Gasteiger charge is -2.31. The van der Waals surface area contributed by atoms with E-state index in [0.717, 1.165) is 0 Å². The lowest BCUT2D eigenvalue weighted by Crippen LogP contribution is -2.34. The second-order valence-electron chi connectivity index (χ2n) is 4.00. The number of hydrogen-bond donors (Lipinski definition) is 2. The Kier molecular flexibility index (Phi) is 4.75. The van der Waals surface area contributed by atoms with Crippen LogP contribution in [0, 0.1) is 5.92 Å². The van der Waals surface area contributed by atoms with E-state index in [-0.39, 0.29) is 18.6 Å². The number of aliphatic hydroxyl groups excluding tert-OH is 1. The summed E-state index contributed by atoms with van der Waals surface area (Å²) in [4.78, 5) is 2.10. The molecule has 3 N–H and O–H groups in total. The molecule has 0 bridgehead atoms. The van der Waals surface area contributed by atoms with E-state index in [4.69, 9.17) is 5.73 Å². The van der Waals surface area contributed by atoms with Crippen LogP contribution in [0.2, 0.25) is 0 Å². The predicted molar refractivity (Wildman–Crippen MR) is 62.5 cm³/mol. The Balaban J connectivity index is 2.92. The topological polar surface area (TPSA) is 49.5 Å². The maximum absolute atomic E-state index is 9.30. The van der Waals surface area contributed by atoms with E-state index in [0.29, 0.717) is 6.54 Å². The third-order valence-electron chi connectivity index (χ3n) is 2.68. The van der Waals surface area contributed by atoms with E-state index in [1.165, 1.54) is 5.56 Å². The van der Waals surface area contributed by atoms with Crippen molar-refractivity contribution in [1.29, 1.82) is 0 Å². The summed E-state index contributed by atoms with van der Waals surface area (Å²) in [6.45, 7) is 0.614. The zero-order valence-electron chi connectivity index (χ0n) is 9.43. The van der Waals surface area contributed by atoms with Gasteiger partial charge in [0.15, 0.2) is 0 Å². The third kappa shape index (κ3) is 3.02. The van der Waals surface area contributed by atoms with E-state index >= 15 is 0 Å². The Hall–Kier alpha value is -0.900. The van der Waals surface area contributed by atoms with Gasteiger partial charge in [-0.3, -0.25) is 0 Å². The standard InChI is InChI=1S/C12H20N2O/c1-14(2)12(11(8-13)9-15)10-6-4-3-5-7-10/h3-7,11-12,15H,8-9,13H2,1-2H3/t11-,12+/m0/s1. The minimum Gasteiger partial charge on any atom is -0.396 e. The maximum atomic E-state index is 9.30. The van der Waals surface area contributed by atoms with Crippen LogP contribution < -0.4 is 5.73 Å². The van der Waals surface area contributed by atoms with Gasteiger partial charge < -0.3 is 15.7 Å². The highest BCUT2D eigenvalue weighted by Crippen LogP contribution is 2.25. The van der Waals surface area contributed by atoms with Crippen LogP contribution in [-0.4, -0.2) is 37.3 Å². The van der Waals surface area contributed by atoms with Crippen molar-refractivity contribution < 1.29 is 5.11 Å². The van der Waals surface area contributed by atoms with Gasteiger partial charge in [-0.05, 0) is 26.2 Å². The van der Waals surface area contributed by atoms with E-state index in [9.17, 15) is 5.11 Å². The first-order valence-electron chi connectivity index (χ1n) is 5.23. The van der Waals surface area contributed by atoms with Gasteiger partial charge in [0.25, 0.3) is 0 Å². The number of aliphatic hydroxyl groups is 1. The Morgan fingerprint density at radius 2 is 1.87 bits per heavy atom. The monoisotopic (exact) mass is 208 g/mol. The first-order valence-corrected chi connectivity index (χ1v) is 5.23. The molecule has 1 aromatic rings. The quantitative estimate of drug-likeness (QED) is 0.754. The van der Waals surface area contributed by atoms with Crippen molar-refractivity contribution in [3.05, 3.63) is 35.9 Å². The zero-order chi connectivity index (χ0) is 11.3. The largest absolute Gasteiger partial charge is 0.396 e. The predicted octanol–water partition coefficient (Wildman–Crippen LogP) is 0.856. The molecule has 0 spiro atoms. The van der Waals surface area contributed by atoms with Crippen LogP contribution in [0.3, 0.4) is 0 Å². The molecule has 1 rings (SSSR count). The molecule has 0 aromatic heterocycles. The molecule has 3 nitrogen and oxygen atoms in total. The van der Waals surface area contributed by atoms with Gasteiger partial charge in [0, 0.05) is 18.6 Å². The van der Waals surface area contributed by atoms with Crippen molar-refractivity contribution in [2.75, 3.05) is 27.2 Å². The zero-order valence-corrected chi connectivity index (χ0v) is 9.43. The molecule has 0 heterocycles. The molecule has 0 fully saturated rings. The van der Waals surface area contributed by atoms with Crippen LogP contribution in [-0.2, 0) is 0 Å². The number of nitrogens with zero attached hydrogens (tertiary/aromatic N) is 1. The van der Waals surface area contributed by atoms with Gasteiger partial charge in [-0.1, -0.05) is 30.3 Å². The molecule has 0 aliphatic carbocycles. The van der Waals surface area contributed by atoms with Crippen LogP contribution in [0.15, 0.2) is 30.3 Å². The van der Waals surface area contributed by atoms with Gasteiger partial charge in [-0.15, -0.1) is 0 Å². The van der Waals surface area contributed by atoms with Gasteiger partial charge >= 0.3 is 0 Å². The van der Waals surface area contributed by atoms with Crippen LogP contribution >= 0.6 is 0 Å². The molecular formula is C12H20N2O. The lowest BCUT2D eigenvalue weighted by molar-refractivity contribution is 0.138. The summed E-state index contributed by atoms with van der Waals surface area (Å²) in [5.41, 5.74) is 6.87. The number of hydrogen-bond acceptors (Lipinski definition) is 3. The summed E-state index contributed by atoms with van der Waals surface area (Å²) in [5.74, 6) is 0.0856. The molecule has 1 aromatic carbocycles. The van der Waals surface area contributed by atoms with Crippen molar-refractivity contribution >= 4 is 0 Å². The number of nitrogens with two attached hydrogens (primary N) is 1. The normalized spacial score (nSPS) is 15.3. The lowest BCUT2D eigenvalue weighted by atomic mass is 9.93. The van der Waals surface area contributed by atoms with E-state index < -0.39 is 0 Å². The van der Waals surface area contributed by atoms with Crippen molar-refractivity contribution in [3.63, 3.8) is 0 Å². The summed E-state index contributed by atoms with van der Waals surface area (Å²) < 4.78 is 0. The first-order chi connectivity index (χ1) is 7.20. The van der Waals surface area contributed by atoms with Crippen LogP contribution in [0.1, 0.15) is 11.6 Å². The van der Waals surface area contributed by atoms with Gasteiger partial charge in [-0.25, -0.2) is 0 Å². The van der Waals surface area contributed by atoms with Crippen molar-refractivity contribution in [3.8, 4) is 0 Å². The van der Waals surface area contributed by atoms with Gasteiger partial charge in [0.05, 0.1) is 0 Å². The van der Waals surface area contributed by atoms with Gasteiger partial charge in [0.1, 0.15) is 0 Å². The highest BCUT2D eigenvalue weighted by molar-refractivity contribution is 5.19. The fourth-order valence-electron chi connectivity index (χ4n) is 1.95. The average molecular weight is 208 g/mol. The van der Waals surface area contributed by atoms with E-state index in [1.807, 2.05) is 32.3 Å². The summed E-state index contributed by atoms with van der Waals surface area (Å²) >= 11 is 0. The highest BCUT2D eigenvalue weighted by Gasteiger charge is 2.22. The average Bonchev–Trinajstić information content (AvgIpc) is 2.26. The molecule has 0 aliphatic rings. The molecule has 0 saturated carbocycles. The Morgan fingerprint density at radius 1 is 1.27 bits per heavy atom. The highest BCUT2D eigenvalue weighted by atomic mass is 16.3. The summed E-state index contributed by atoms with van der Waals surface area (Å²) in [6, 6.07) is 10.3. The SMILES string of the molecule is CN(C)[C@H](c1ccccc1)[C@@H](CN)CO. The molecule has 3 heteroatoms. The van der Waals surface area contributed by atoms with Crippen LogP contribution in [0.4, 0.5) is 0 Å². The van der Waals surface area contributed by atoms with Gasteiger partial charge in [0.2, 0.25) is 0 Å². The molecule has 0 saturated heterocycles. The maximum Gasteiger partial charge on any atom is 0.0489 e. The van der Waals surface area contributed by atoms with Crippen molar-refractivity contribution in [1.82, 2.24) is 4.90 Å². The Bertz CT molecular complexity index is 270. The molecule has 0 aliphatic heterocycles. The molecule has 0 unspecified atom stereocenters. The Labute approximate surface area is 91.5 Å². The molecule has 84 valence electrons. The summed E-state index contributed by atoms with van der Waals surface area (Å²) in [7, 11) is 4.02. The van der Waals surface area contributed by atoms with Gasteiger partial charge in [-0.2, -0.15) is 0 Å². The molecular weight excluding hydrogens is 188 g/mol. The minimum atomic E-state index is 0.0856. The number of rotatable bonds is 5. The smallest absolute Gasteiger partial charge is 0.0489 e. The summed E-state index contributed by atoms with van der Waals surface area (Å²) in [6.07, 6.45) is 0. The fourth-order valence-corrected chi connectivity index (χ4v) is 1.95. The molecule has 15 heavy (non-hydrogen) atoms. The third-order valence-corrected chi connectivity index (χ3v) is 2.68. The molecule has 0 radical (unpaired) electrons. The van der Waals surface area contributed by atoms with Crippen molar-refractivity contribution in [2.45, 2.75) is 6.04 Å².